The fourth-order valence-electron chi connectivity index (χ4n) is 6.85. The number of hydrogen-bond donors (Lipinski definition) is 4. The molecule has 3 aromatic heterocycles. The van der Waals surface area contributed by atoms with Crippen LogP contribution in [0.25, 0.3) is 22.3 Å². The predicted octanol–water partition coefficient (Wildman–Crippen LogP) is 4.44. The van der Waals surface area contributed by atoms with Gasteiger partial charge in [-0.15, -0.1) is 0 Å². The second kappa shape index (κ2) is 14.2. The minimum Gasteiger partial charge on any atom is -0.444 e. The van der Waals surface area contributed by atoms with Crippen molar-refractivity contribution < 1.29 is 29.3 Å². The minimum atomic E-state index is -1.81. The minimum absolute atomic E-state index is 0.0186. The largest absolute Gasteiger partial charge is 0.444 e. The maximum atomic E-state index is 14.4. The van der Waals surface area contributed by atoms with Crippen LogP contribution >= 0.6 is 22.7 Å². The molecule has 2 aliphatic heterocycles. The van der Waals surface area contributed by atoms with Crippen LogP contribution in [-0.2, 0) is 14.3 Å². The third-order valence-corrected chi connectivity index (χ3v) is 10.8. The number of carbonyl (C=O) groups excluding carboxylic acids is 3. The number of fused-ring (bicyclic) bond motifs is 2. The molecule has 3 aromatic rings. The monoisotopic (exact) mass is 709 g/mol. The van der Waals surface area contributed by atoms with Crippen molar-refractivity contribution in [3.05, 3.63) is 62.4 Å². The van der Waals surface area contributed by atoms with Crippen molar-refractivity contribution >= 4 is 40.6 Å². The standard InChI is InChI=1S/C35H43N5O7S2/c1-34(2,3)47-33(46)37-26-10-8-6-4-5-7-9-23-16-35(23,32(44)45)38-29(41)27-15-24(18-39(27)30(26)42)40-31(43)28(22-12-14-49-20-22)25(17-36-40)21-11-13-48-19-21/h7,9,11-14,17,19-20,23-24,26-27,32,44-45H,4-6,8,10,15-16,18H2,1-3H3,(H,37,46)(H,38,41)/b9-7-/t23-,24-,26+,27+,35-/m1/s1. The summed E-state index contributed by atoms with van der Waals surface area (Å²) in [6.45, 7) is 5.19. The molecule has 1 saturated heterocycles. The molecule has 6 rings (SSSR count). The van der Waals surface area contributed by atoms with E-state index in [4.69, 9.17) is 4.74 Å². The van der Waals surface area contributed by atoms with Gasteiger partial charge in [0.2, 0.25) is 11.8 Å². The van der Waals surface area contributed by atoms with Crippen molar-refractivity contribution in [2.45, 2.75) is 101 Å². The van der Waals surface area contributed by atoms with Gasteiger partial charge in [0.25, 0.3) is 5.56 Å². The molecular weight excluding hydrogens is 667 g/mol. The predicted molar refractivity (Wildman–Crippen MR) is 187 cm³/mol. The highest BCUT2D eigenvalue weighted by Crippen LogP contribution is 2.47. The van der Waals surface area contributed by atoms with Gasteiger partial charge in [-0.2, -0.15) is 27.8 Å². The molecule has 14 heteroatoms. The molecule has 0 radical (unpaired) electrons. The Balaban J connectivity index is 1.37. The Kier molecular flexibility index (Phi) is 10.1. The van der Waals surface area contributed by atoms with Crippen LogP contribution in [0.15, 0.2) is 56.8 Å². The number of aromatic nitrogens is 2. The van der Waals surface area contributed by atoms with Gasteiger partial charge in [0.15, 0.2) is 6.29 Å². The highest BCUT2D eigenvalue weighted by molar-refractivity contribution is 7.08. The normalized spacial score (nSPS) is 27.0. The summed E-state index contributed by atoms with van der Waals surface area (Å²) >= 11 is 2.99. The summed E-state index contributed by atoms with van der Waals surface area (Å²) in [4.78, 5) is 57.1. The fourth-order valence-corrected chi connectivity index (χ4v) is 8.15. The van der Waals surface area contributed by atoms with E-state index < -0.39 is 53.5 Å². The number of alkyl carbamates (subject to hydrolysis) is 1. The first-order chi connectivity index (χ1) is 23.4. The molecule has 5 heterocycles. The number of rotatable bonds is 5. The van der Waals surface area contributed by atoms with Crippen LogP contribution in [-0.4, -0.2) is 78.9 Å². The second-order valence-electron chi connectivity index (χ2n) is 14.1. The van der Waals surface area contributed by atoms with Crippen molar-refractivity contribution in [2.75, 3.05) is 6.54 Å². The van der Waals surface area contributed by atoms with E-state index in [1.807, 2.05) is 45.8 Å². The van der Waals surface area contributed by atoms with Gasteiger partial charge < -0.3 is 30.5 Å². The number of ether oxygens (including phenoxy) is 1. The molecule has 262 valence electrons. The Morgan fingerprint density at radius 2 is 1.84 bits per heavy atom. The molecule has 4 N–H and O–H groups in total. The number of hydrogen-bond acceptors (Lipinski definition) is 10. The van der Waals surface area contributed by atoms with E-state index in [1.165, 1.54) is 32.3 Å². The van der Waals surface area contributed by atoms with E-state index >= 15 is 0 Å². The Hall–Kier alpha value is -3.85. The first-order valence-corrected chi connectivity index (χ1v) is 18.6. The van der Waals surface area contributed by atoms with Crippen LogP contribution in [0.3, 0.4) is 0 Å². The molecule has 49 heavy (non-hydrogen) atoms. The lowest BCUT2D eigenvalue weighted by atomic mass is 10.0. The first-order valence-electron chi connectivity index (χ1n) is 16.7. The average molecular weight is 710 g/mol. The maximum Gasteiger partial charge on any atom is 0.408 e. The molecule has 2 fully saturated rings. The van der Waals surface area contributed by atoms with Crippen LogP contribution in [0, 0.1) is 5.92 Å². The van der Waals surface area contributed by atoms with Crippen molar-refractivity contribution in [2.24, 2.45) is 5.92 Å². The van der Waals surface area contributed by atoms with Crippen LogP contribution in [0.1, 0.15) is 71.8 Å². The number of carbonyl (C=O) groups is 3. The van der Waals surface area contributed by atoms with Crippen molar-refractivity contribution in [1.82, 2.24) is 25.3 Å². The topological polar surface area (TPSA) is 163 Å². The SMILES string of the molecule is CC(C)(C)OC(=O)N[C@H]1CCCCC/C=C\[C@@H]2C[C@@]2(C(O)O)NC(=O)[C@@H]2C[C@@H](n3ncc(-c4ccsc4)c(-c4ccsc4)c3=O)CN2C1=O. The highest BCUT2D eigenvalue weighted by atomic mass is 32.1. The van der Waals surface area contributed by atoms with Gasteiger partial charge in [-0.25, -0.2) is 9.48 Å². The van der Waals surface area contributed by atoms with Crippen LogP contribution in [0.5, 0.6) is 0 Å². The zero-order valence-electron chi connectivity index (χ0n) is 27.8. The fraction of sp³-hybridized carbons (Fsp3) is 0.514. The van der Waals surface area contributed by atoms with E-state index in [1.54, 1.807) is 27.0 Å². The van der Waals surface area contributed by atoms with Crippen molar-refractivity contribution in [3.8, 4) is 22.3 Å². The maximum absolute atomic E-state index is 14.4. The summed E-state index contributed by atoms with van der Waals surface area (Å²) in [6.07, 6.45) is 6.77. The molecule has 12 nitrogen and oxygen atoms in total. The Morgan fingerprint density at radius 1 is 1.10 bits per heavy atom. The molecule has 1 aliphatic carbocycles. The van der Waals surface area contributed by atoms with Gasteiger partial charge in [0, 0.05) is 24.4 Å². The van der Waals surface area contributed by atoms with Crippen LogP contribution in [0.4, 0.5) is 4.79 Å². The summed E-state index contributed by atoms with van der Waals surface area (Å²) in [6, 6.07) is 1.08. The summed E-state index contributed by atoms with van der Waals surface area (Å²) in [5, 5.41) is 38.6. The lowest BCUT2D eigenvalue weighted by Gasteiger charge is -2.31. The third-order valence-electron chi connectivity index (χ3n) is 9.45. The zero-order chi connectivity index (χ0) is 34.9. The number of allylic oxidation sites excluding steroid dienone is 1. The number of nitrogens with one attached hydrogen (secondary N) is 2. The molecule has 5 atom stereocenters. The number of nitrogens with zero attached hydrogens (tertiary/aromatic N) is 3. The lowest BCUT2D eigenvalue weighted by Crippen LogP contribution is -2.57. The molecule has 0 bridgehead atoms. The van der Waals surface area contributed by atoms with Crippen molar-refractivity contribution in [3.63, 3.8) is 0 Å². The zero-order valence-corrected chi connectivity index (χ0v) is 29.5. The van der Waals surface area contributed by atoms with Crippen LogP contribution < -0.4 is 16.2 Å². The third kappa shape index (κ3) is 7.52. The van der Waals surface area contributed by atoms with E-state index in [0.29, 0.717) is 30.4 Å². The van der Waals surface area contributed by atoms with Gasteiger partial charge in [-0.1, -0.05) is 25.0 Å². The summed E-state index contributed by atoms with van der Waals surface area (Å²) in [7, 11) is 0. The lowest BCUT2D eigenvalue weighted by molar-refractivity contribution is -0.142. The van der Waals surface area contributed by atoms with Crippen molar-refractivity contribution in [1.29, 1.82) is 0 Å². The van der Waals surface area contributed by atoms with E-state index in [2.05, 4.69) is 15.7 Å². The Morgan fingerprint density at radius 3 is 2.51 bits per heavy atom. The molecule has 0 aromatic carbocycles. The number of aliphatic hydroxyl groups is 2. The number of thiophene rings is 2. The molecule has 3 aliphatic rings. The Bertz CT molecular complexity index is 1750. The van der Waals surface area contributed by atoms with Gasteiger partial charge in [0.05, 0.1) is 23.3 Å². The Labute approximate surface area is 292 Å². The molecule has 0 unspecified atom stereocenters. The molecule has 3 amide bonds. The number of amides is 3. The van der Waals surface area contributed by atoms with E-state index in [-0.39, 0.29) is 24.4 Å². The average Bonchev–Trinajstić information content (AvgIpc) is 3.56. The smallest absolute Gasteiger partial charge is 0.408 e. The molecular formula is C35H43N5O7S2. The van der Waals surface area contributed by atoms with E-state index in [9.17, 15) is 29.4 Å². The second-order valence-corrected chi connectivity index (χ2v) is 15.6. The van der Waals surface area contributed by atoms with Gasteiger partial charge in [-0.3, -0.25) is 14.4 Å². The van der Waals surface area contributed by atoms with Gasteiger partial charge in [0.1, 0.15) is 17.7 Å². The summed E-state index contributed by atoms with van der Waals surface area (Å²) < 4.78 is 6.84. The molecule has 0 spiro atoms. The first kappa shape index (κ1) is 35.0. The summed E-state index contributed by atoms with van der Waals surface area (Å²) in [5.41, 5.74) is 0.378. The highest BCUT2D eigenvalue weighted by Gasteiger charge is 2.60. The van der Waals surface area contributed by atoms with Crippen LogP contribution in [0.2, 0.25) is 0 Å². The summed E-state index contributed by atoms with van der Waals surface area (Å²) in [5.74, 6) is -1.31. The molecule has 1 saturated carbocycles. The van der Waals surface area contributed by atoms with E-state index in [0.717, 1.165) is 30.4 Å². The quantitative estimate of drug-likeness (QED) is 0.223. The van der Waals surface area contributed by atoms with Gasteiger partial charge >= 0.3 is 6.09 Å². The number of aliphatic hydroxyl groups excluding tert-OH is 1. The van der Waals surface area contributed by atoms with Gasteiger partial charge in [-0.05, 0) is 91.2 Å².